The standard InChI is InChI=1S/C24H25N3O3/c1-25-24(29)19-8-5-9-21(16-19)27-23(28)17-26-20-10-12-22(13-11-20)30-15-14-18-6-3-2-4-7-18/h2-13,16,26H,14-15,17H2,1H3,(H,25,29)(H,27,28). The maximum Gasteiger partial charge on any atom is 0.251 e. The Balaban J connectivity index is 1.43. The normalized spacial score (nSPS) is 10.2. The second kappa shape index (κ2) is 10.7. The van der Waals surface area contributed by atoms with Crippen LogP contribution in [0.5, 0.6) is 5.75 Å². The van der Waals surface area contributed by atoms with Gasteiger partial charge in [0.15, 0.2) is 0 Å². The summed E-state index contributed by atoms with van der Waals surface area (Å²) in [5.74, 6) is 0.384. The van der Waals surface area contributed by atoms with E-state index in [1.807, 2.05) is 42.5 Å². The van der Waals surface area contributed by atoms with Crippen molar-refractivity contribution in [2.24, 2.45) is 0 Å². The lowest BCUT2D eigenvalue weighted by molar-refractivity contribution is -0.114. The number of nitrogens with one attached hydrogen (secondary N) is 3. The quantitative estimate of drug-likeness (QED) is 0.509. The molecule has 0 saturated heterocycles. The first-order valence-electron chi connectivity index (χ1n) is 9.77. The van der Waals surface area contributed by atoms with Crippen molar-refractivity contribution in [2.45, 2.75) is 6.42 Å². The lowest BCUT2D eigenvalue weighted by atomic mass is 10.2. The molecule has 0 aliphatic heterocycles. The number of carbonyl (C=O) groups is 2. The molecule has 0 atom stereocenters. The molecule has 2 amide bonds. The zero-order chi connectivity index (χ0) is 21.2. The van der Waals surface area contributed by atoms with Crippen LogP contribution in [0.25, 0.3) is 0 Å². The monoisotopic (exact) mass is 403 g/mol. The molecule has 0 unspecified atom stereocenters. The summed E-state index contributed by atoms with van der Waals surface area (Å²) in [6.45, 7) is 0.715. The van der Waals surface area contributed by atoms with Gasteiger partial charge in [-0.1, -0.05) is 36.4 Å². The Hall–Kier alpha value is -3.80. The van der Waals surface area contributed by atoms with E-state index in [9.17, 15) is 9.59 Å². The van der Waals surface area contributed by atoms with Gasteiger partial charge in [-0.15, -0.1) is 0 Å². The summed E-state index contributed by atoms with van der Waals surface area (Å²) < 4.78 is 5.77. The van der Waals surface area contributed by atoms with Crippen LogP contribution in [0.15, 0.2) is 78.9 Å². The average Bonchev–Trinajstić information content (AvgIpc) is 2.79. The first kappa shape index (κ1) is 20.9. The third kappa shape index (κ3) is 6.38. The van der Waals surface area contributed by atoms with Gasteiger partial charge in [0.05, 0.1) is 13.2 Å². The third-order valence-corrected chi connectivity index (χ3v) is 4.45. The Morgan fingerprint density at radius 2 is 1.63 bits per heavy atom. The minimum absolute atomic E-state index is 0.110. The maximum absolute atomic E-state index is 12.2. The summed E-state index contributed by atoms with van der Waals surface area (Å²) in [5.41, 5.74) is 3.12. The molecule has 0 radical (unpaired) electrons. The van der Waals surface area contributed by atoms with Crippen molar-refractivity contribution in [3.63, 3.8) is 0 Å². The lowest BCUT2D eigenvalue weighted by Crippen LogP contribution is -2.22. The van der Waals surface area contributed by atoms with Crippen LogP contribution in [0, 0.1) is 0 Å². The first-order chi connectivity index (χ1) is 14.6. The molecule has 0 aliphatic carbocycles. The molecule has 3 aromatic carbocycles. The summed E-state index contributed by atoms with van der Waals surface area (Å²) >= 11 is 0. The van der Waals surface area contributed by atoms with E-state index < -0.39 is 0 Å². The molecular weight excluding hydrogens is 378 g/mol. The van der Waals surface area contributed by atoms with E-state index in [0.29, 0.717) is 17.9 Å². The summed E-state index contributed by atoms with van der Waals surface area (Å²) in [5, 5.41) is 8.42. The van der Waals surface area contributed by atoms with Gasteiger partial charge < -0.3 is 20.7 Å². The minimum atomic E-state index is -0.202. The van der Waals surface area contributed by atoms with Gasteiger partial charge in [-0.05, 0) is 48.0 Å². The van der Waals surface area contributed by atoms with Gasteiger partial charge in [-0.3, -0.25) is 9.59 Å². The number of hydrogen-bond acceptors (Lipinski definition) is 4. The summed E-state index contributed by atoms with van der Waals surface area (Å²) in [6, 6.07) is 24.5. The van der Waals surface area contributed by atoms with Crippen molar-refractivity contribution in [3.8, 4) is 5.75 Å². The van der Waals surface area contributed by atoms with Crippen LogP contribution in [0.3, 0.4) is 0 Å². The van der Waals surface area contributed by atoms with Crippen LogP contribution >= 0.6 is 0 Å². The fourth-order valence-electron chi connectivity index (χ4n) is 2.87. The molecule has 0 fully saturated rings. The number of rotatable bonds is 9. The maximum atomic E-state index is 12.2. The van der Waals surface area contributed by atoms with E-state index in [1.54, 1.807) is 31.3 Å². The highest BCUT2D eigenvalue weighted by atomic mass is 16.5. The lowest BCUT2D eigenvalue weighted by Gasteiger charge is -2.10. The molecule has 30 heavy (non-hydrogen) atoms. The Labute approximate surface area is 176 Å². The van der Waals surface area contributed by atoms with Gasteiger partial charge in [0, 0.05) is 30.4 Å². The molecule has 0 aromatic heterocycles. The van der Waals surface area contributed by atoms with Crippen LogP contribution < -0.4 is 20.7 Å². The molecule has 0 spiro atoms. The number of carbonyl (C=O) groups excluding carboxylic acids is 2. The second-order valence-electron chi connectivity index (χ2n) is 6.67. The van der Waals surface area contributed by atoms with Gasteiger partial charge in [0.1, 0.15) is 5.75 Å². The molecular formula is C24H25N3O3. The molecule has 3 N–H and O–H groups in total. The predicted octanol–water partition coefficient (Wildman–Crippen LogP) is 3.72. The van der Waals surface area contributed by atoms with Crippen molar-refractivity contribution < 1.29 is 14.3 Å². The molecule has 6 heteroatoms. The minimum Gasteiger partial charge on any atom is -0.493 e. The summed E-state index contributed by atoms with van der Waals surface area (Å²) in [7, 11) is 1.57. The zero-order valence-corrected chi connectivity index (χ0v) is 16.9. The molecule has 0 heterocycles. The molecule has 0 bridgehead atoms. The van der Waals surface area contributed by atoms with Gasteiger partial charge in [-0.25, -0.2) is 0 Å². The zero-order valence-electron chi connectivity index (χ0n) is 16.9. The smallest absolute Gasteiger partial charge is 0.251 e. The van der Waals surface area contributed by atoms with Crippen LogP contribution in [0.4, 0.5) is 11.4 Å². The van der Waals surface area contributed by atoms with Crippen molar-refractivity contribution in [1.82, 2.24) is 5.32 Å². The van der Waals surface area contributed by atoms with Crippen molar-refractivity contribution in [2.75, 3.05) is 30.8 Å². The predicted molar refractivity (Wildman–Crippen MR) is 119 cm³/mol. The molecule has 3 rings (SSSR count). The third-order valence-electron chi connectivity index (χ3n) is 4.45. The molecule has 6 nitrogen and oxygen atoms in total. The molecule has 154 valence electrons. The van der Waals surface area contributed by atoms with Crippen molar-refractivity contribution in [3.05, 3.63) is 90.0 Å². The van der Waals surface area contributed by atoms with Crippen molar-refractivity contribution in [1.29, 1.82) is 0 Å². The Bertz CT molecular complexity index is 973. The van der Waals surface area contributed by atoms with E-state index in [4.69, 9.17) is 4.74 Å². The van der Waals surface area contributed by atoms with Crippen LogP contribution in [-0.4, -0.2) is 32.0 Å². The summed E-state index contributed by atoms with van der Waals surface area (Å²) in [6.07, 6.45) is 0.849. The Morgan fingerprint density at radius 1 is 0.867 bits per heavy atom. The van der Waals surface area contributed by atoms with Crippen molar-refractivity contribution >= 4 is 23.2 Å². The molecule has 0 saturated carbocycles. The topological polar surface area (TPSA) is 79.5 Å². The van der Waals surface area contributed by atoms with E-state index in [1.165, 1.54) is 5.56 Å². The Morgan fingerprint density at radius 3 is 2.37 bits per heavy atom. The highest BCUT2D eigenvalue weighted by Gasteiger charge is 2.06. The largest absolute Gasteiger partial charge is 0.493 e. The number of ether oxygens (including phenoxy) is 1. The van der Waals surface area contributed by atoms with E-state index in [0.717, 1.165) is 17.9 Å². The molecule has 0 aliphatic rings. The fraction of sp³-hybridized carbons (Fsp3) is 0.167. The Kier molecular flexibility index (Phi) is 7.44. The van der Waals surface area contributed by atoms with Gasteiger partial charge in [-0.2, -0.15) is 0 Å². The highest BCUT2D eigenvalue weighted by Crippen LogP contribution is 2.16. The van der Waals surface area contributed by atoms with Gasteiger partial charge >= 0.3 is 0 Å². The first-order valence-corrected chi connectivity index (χ1v) is 9.77. The van der Waals surface area contributed by atoms with E-state index >= 15 is 0 Å². The average molecular weight is 403 g/mol. The van der Waals surface area contributed by atoms with Gasteiger partial charge in [0.25, 0.3) is 5.91 Å². The number of anilines is 2. The number of benzene rings is 3. The highest BCUT2D eigenvalue weighted by molar-refractivity contribution is 5.98. The second-order valence-corrected chi connectivity index (χ2v) is 6.67. The van der Waals surface area contributed by atoms with Crippen LogP contribution in [0.2, 0.25) is 0 Å². The van der Waals surface area contributed by atoms with E-state index in [2.05, 4.69) is 28.1 Å². The van der Waals surface area contributed by atoms with Crippen LogP contribution in [-0.2, 0) is 11.2 Å². The van der Waals surface area contributed by atoms with E-state index in [-0.39, 0.29) is 18.4 Å². The van der Waals surface area contributed by atoms with Gasteiger partial charge in [0.2, 0.25) is 5.91 Å². The summed E-state index contributed by atoms with van der Waals surface area (Å²) in [4.78, 5) is 23.9. The fourth-order valence-corrected chi connectivity index (χ4v) is 2.87. The number of amides is 2. The molecule has 3 aromatic rings. The van der Waals surface area contributed by atoms with Crippen LogP contribution in [0.1, 0.15) is 15.9 Å². The SMILES string of the molecule is CNC(=O)c1cccc(NC(=O)CNc2ccc(OCCc3ccccc3)cc2)c1. The number of hydrogen-bond donors (Lipinski definition) is 3.